The molecule has 0 aromatic rings. The van der Waals surface area contributed by atoms with Crippen LogP contribution in [0.15, 0.2) is 0 Å². The monoisotopic (exact) mass is 328 g/mol. The Hall–Kier alpha value is -0.530. The Bertz CT molecular complexity index is 226. The summed E-state index contributed by atoms with van der Waals surface area (Å²) in [6.45, 7) is 8.66. The van der Waals surface area contributed by atoms with Crippen LogP contribution in [0.5, 0.6) is 0 Å². The zero-order valence-corrected chi connectivity index (χ0v) is 16.5. The van der Waals surface area contributed by atoms with Crippen LogP contribution in [-0.2, 0) is 4.79 Å². The van der Waals surface area contributed by atoms with Crippen molar-refractivity contribution in [3.05, 3.63) is 0 Å². The largest absolute Gasteiger partial charge is 0.481 e. The van der Waals surface area contributed by atoms with E-state index in [0.29, 0.717) is 6.42 Å². The molecule has 0 aliphatic heterocycles. The number of aliphatic carboxylic acids is 1. The van der Waals surface area contributed by atoms with Crippen LogP contribution >= 0.6 is 0 Å². The average molecular weight is 329 g/mol. The highest BCUT2D eigenvalue weighted by Gasteiger charge is 2.02. The predicted octanol–water partition coefficient (Wildman–Crippen LogP) is 7.60. The maximum absolute atomic E-state index is 10.4. The fourth-order valence-corrected chi connectivity index (χ4v) is 2.89. The zero-order valence-electron chi connectivity index (χ0n) is 16.5. The Kier molecular flexibility index (Phi) is 23.1. The standard InChI is InChI=1S/C19H38O2.C2H6/c1-3-4-5-6-7-9-12-15-18(2)16-13-10-8-11-14-17-19(20)21;1-2/h18H,3-17H2,1-2H3,(H,20,21);1-2H3. The summed E-state index contributed by atoms with van der Waals surface area (Å²) >= 11 is 0. The fourth-order valence-electron chi connectivity index (χ4n) is 2.89. The van der Waals surface area contributed by atoms with Crippen LogP contribution < -0.4 is 0 Å². The van der Waals surface area contributed by atoms with E-state index in [0.717, 1.165) is 18.8 Å². The first-order chi connectivity index (χ1) is 11.2. The van der Waals surface area contributed by atoms with Gasteiger partial charge in [-0.3, -0.25) is 4.79 Å². The topological polar surface area (TPSA) is 37.3 Å². The molecule has 0 saturated carbocycles. The van der Waals surface area contributed by atoms with Crippen molar-refractivity contribution in [2.45, 2.75) is 124 Å². The fraction of sp³-hybridized carbons (Fsp3) is 0.952. The second kappa shape index (κ2) is 21.5. The maximum atomic E-state index is 10.4. The van der Waals surface area contributed by atoms with Crippen molar-refractivity contribution < 1.29 is 9.90 Å². The van der Waals surface area contributed by atoms with Crippen molar-refractivity contribution >= 4 is 5.97 Å². The Morgan fingerprint density at radius 2 is 1.13 bits per heavy atom. The molecule has 0 radical (unpaired) electrons. The third kappa shape index (κ3) is 23.9. The maximum Gasteiger partial charge on any atom is 0.303 e. The smallest absolute Gasteiger partial charge is 0.303 e. The van der Waals surface area contributed by atoms with Gasteiger partial charge in [0, 0.05) is 6.42 Å². The first kappa shape index (κ1) is 24.7. The Morgan fingerprint density at radius 3 is 1.57 bits per heavy atom. The van der Waals surface area contributed by atoms with Gasteiger partial charge in [-0.05, 0) is 12.3 Å². The molecule has 0 rings (SSSR count). The van der Waals surface area contributed by atoms with E-state index in [1.165, 1.54) is 77.0 Å². The van der Waals surface area contributed by atoms with E-state index >= 15 is 0 Å². The first-order valence-electron chi connectivity index (χ1n) is 10.4. The van der Waals surface area contributed by atoms with E-state index in [2.05, 4.69) is 13.8 Å². The molecule has 0 aromatic heterocycles. The molecule has 0 fully saturated rings. The highest BCUT2D eigenvalue weighted by atomic mass is 16.4. The highest BCUT2D eigenvalue weighted by Crippen LogP contribution is 2.18. The summed E-state index contributed by atoms with van der Waals surface area (Å²) in [4.78, 5) is 10.4. The average Bonchev–Trinajstić information content (AvgIpc) is 2.54. The molecule has 1 unspecified atom stereocenters. The molecule has 0 spiro atoms. The van der Waals surface area contributed by atoms with Crippen LogP contribution in [0.1, 0.15) is 124 Å². The quantitative estimate of drug-likeness (QED) is 0.296. The van der Waals surface area contributed by atoms with E-state index in [4.69, 9.17) is 5.11 Å². The van der Waals surface area contributed by atoms with E-state index in [1.54, 1.807) is 0 Å². The van der Waals surface area contributed by atoms with E-state index in [-0.39, 0.29) is 0 Å². The van der Waals surface area contributed by atoms with Crippen molar-refractivity contribution in [3.63, 3.8) is 0 Å². The van der Waals surface area contributed by atoms with Crippen LogP contribution in [0, 0.1) is 5.92 Å². The van der Waals surface area contributed by atoms with Crippen molar-refractivity contribution in [2.24, 2.45) is 5.92 Å². The summed E-state index contributed by atoms with van der Waals surface area (Å²) in [7, 11) is 0. The van der Waals surface area contributed by atoms with Gasteiger partial charge in [-0.15, -0.1) is 0 Å². The molecule has 0 amide bonds. The molecule has 140 valence electrons. The Labute approximate surface area is 146 Å². The lowest BCUT2D eigenvalue weighted by Crippen LogP contribution is -1.96. The van der Waals surface area contributed by atoms with Gasteiger partial charge in [0.15, 0.2) is 0 Å². The van der Waals surface area contributed by atoms with Gasteiger partial charge < -0.3 is 5.11 Å². The van der Waals surface area contributed by atoms with Crippen LogP contribution in [-0.4, -0.2) is 11.1 Å². The third-order valence-electron chi connectivity index (χ3n) is 4.39. The van der Waals surface area contributed by atoms with Gasteiger partial charge >= 0.3 is 5.97 Å². The second-order valence-electron chi connectivity index (χ2n) is 6.72. The number of carboxylic acids is 1. The van der Waals surface area contributed by atoms with Gasteiger partial charge in [0.1, 0.15) is 0 Å². The van der Waals surface area contributed by atoms with Crippen molar-refractivity contribution in [3.8, 4) is 0 Å². The lowest BCUT2D eigenvalue weighted by Gasteiger charge is -2.11. The molecule has 0 aliphatic rings. The SMILES string of the molecule is CC.CCCCCCCCCC(C)CCCCCCCC(=O)O. The number of hydrogen-bond donors (Lipinski definition) is 1. The number of hydrogen-bond acceptors (Lipinski definition) is 1. The molecule has 0 saturated heterocycles. The second-order valence-corrected chi connectivity index (χ2v) is 6.72. The number of carboxylic acid groups (broad SMARTS) is 1. The van der Waals surface area contributed by atoms with Crippen molar-refractivity contribution in [1.82, 2.24) is 0 Å². The number of carbonyl (C=O) groups is 1. The van der Waals surface area contributed by atoms with Crippen LogP contribution in [0.2, 0.25) is 0 Å². The number of unbranched alkanes of at least 4 members (excludes halogenated alkanes) is 10. The van der Waals surface area contributed by atoms with Gasteiger partial charge in [-0.1, -0.05) is 111 Å². The summed E-state index contributed by atoms with van der Waals surface area (Å²) in [5.74, 6) is 0.220. The molecule has 0 aliphatic carbocycles. The molecular weight excluding hydrogens is 284 g/mol. The minimum atomic E-state index is -0.654. The van der Waals surface area contributed by atoms with Gasteiger partial charge in [0.25, 0.3) is 0 Å². The Morgan fingerprint density at radius 1 is 0.739 bits per heavy atom. The predicted molar refractivity (Wildman–Crippen MR) is 103 cm³/mol. The molecule has 23 heavy (non-hydrogen) atoms. The molecule has 2 nitrogen and oxygen atoms in total. The zero-order chi connectivity index (χ0) is 17.8. The summed E-state index contributed by atoms with van der Waals surface area (Å²) in [5.41, 5.74) is 0. The number of rotatable bonds is 16. The first-order valence-corrected chi connectivity index (χ1v) is 10.4. The van der Waals surface area contributed by atoms with Gasteiger partial charge in [0.2, 0.25) is 0 Å². The van der Waals surface area contributed by atoms with E-state index in [1.807, 2.05) is 13.8 Å². The molecule has 1 N–H and O–H groups in total. The third-order valence-corrected chi connectivity index (χ3v) is 4.39. The van der Waals surface area contributed by atoms with Crippen LogP contribution in [0.3, 0.4) is 0 Å². The molecule has 0 heterocycles. The van der Waals surface area contributed by atoms with Gasteiger partial charge in [-0.2, -0.15) is 0 Å². The summed E-state index contributed by atoms with van der Waals surface area (Å²) in [5, 5.41) is 8.55. The molecule has 0 aromatic carbocycles. The normalized spacial score (nSPS) is 11.7. The van der Waals surface area contributed by atoms with Crippen LogP contribution in [0.4, 0.5) is 0 Å². The molecular formula is C21H44O2. The van der Waals surface area contributed by atoms with Crippen molar-refractivity contribution in [1.29, 1.82) is 0 Å². The molecule has 0 bridgehead atoms. The van der Waals surface area contributed by atoms with Crippen LogP contribution in [0.25, 0.3) is 0 Å². The summed E-state index contributed by atoms with van der Waals surface area (Å²) in [6, 6.07) is 0. The lowest BCUT2D eigenvalue weighted by atomic mass is 9.96. The van der Waals surface area contributed by atoms with Gasteiger partial charge in [0.05, 0.1) is 0 Å². The lowest BCUT2D eigenvalue weighted by molar-refractivity contribution is -0.137. The van der Waals surface area contributed by atoms with E-state index in [9.17, 15) is 4.79 Å². The molecule has 2 heteroatoms. The van der Waals surface area contributed by atoms with Crippen molar-refractivity contribution in [2.75, 3.05) is 0 Å². The minimum absolute atomic E-state index is 0.342. The molecule has 1 atom stereocenters. The summed E-state index contributed by atoms with van der Waals surface area (Å²) in [6.07, 6.45) is 18.7. The Balaban J connectivity index is 0. The summed E-state index contributed by atoms with van der Waals surface area (Å²) < 4.78 is 0. The highest BCUT2D eigenvalue weighted by molar-refractivity contribution is 5.66. The minimum Gasteiger partial charge on any atom is -0.481 e. The van der Waals surface area contributed by atoms with Gasteiger partial charge in [-0.25, -0.2) is 0 Å². The van der Waals surface area contributed by atoms with E-state index < -0.39 is 5.97 Å².